The number of likely N-dealkylation sites (tertiary alicyclic amines) is 1. The number of allylic oxidation sites excluding steroid dienone is 3. The normalized spacial score (nSPS) is 30.4. The summed E-state index contributed by atoms with van der Waals surface area (Å²) in [6.45, 7) is 1.60. The zero-order chi connectivity index (χ0) is 15.3. The average Bonchev–Trinajstić information content (AvgIpc) is 3.02. The van der Waals surface area contributed by atoms with Crippen molar-refractivity contribution >= 4 is 17.3 Å². The number of hydrogen-bond acceptors (Lipinski definition) is 5. The maximum atomic E-state index is 12.8. The molecule has 0 aromatic rings. The molecule has 0 radical (unpaired) electrons. The van der Waals surface area contributed by atoms with Gasteiger partial charge in [-0.2, -0.15) is 5.10 Å². The molecule has 4 rings (SSSR count). The molecule has 116 valence electrons. The van der Waals surface area contributed by atoms with E-state index < -0.39 is 0 Å². The average molecular weight is 300 g/mol. The lowest BCUT2D eigenvalue weighted by atomic mass is 9.97. The molecule has 0 N–H and O–H groups in total. The smallest absolute Gasteiger partial charge is 0.275 e. The first-order chi connectivity index (χ1) is 10.7. The van der Waals surface area contributed by atoms with Gasteiger partial charge in [-0.05, 0) is 32.0 Å². The molecule has 2 atom stereocenters. The first-order valence-electron chi connectivity index (χ1n) is 7.78. The molecule has 0 aromatic carbocycles. The van der Waals surface area contributed by atoms with Crippen LogP contribution >= 0.6 is 0 Å². The van der Waals surface area contributed by atoms with Gasteiger partial charge in [0.2, 0.25) is 0 Å². The van der Waals surface area contributed by atoms with Crippen molar-refractivity contribution in [3.05, 3.63) is 23.5 Å². The number of likely N-dealkylation sites (N-methyl/N-ethyl adjacent to an activating group) is 1. The van der Waals surface area contributed by atoms with Crippen LogP contribution in [0.5, 0.6) is 0 Å². The van der Waals surface area contributed by atoms with E-state index in [0.717, 1.165) is 30.1 Å². The molecular weight excluding hydrogens is 280 g/mol. The summed E-state index contributed by atoms with van der Waals surface area (Å²) < 4.78 is 5.24. The van der Waals surface area contributed by atoms with Gasteiger partial charge >= 0.3 is 0 Å². The first kappa shape index (κ1) is 13.7. The number of amides is 1. The summed E-state index contributed by atoms with van der Waals surface area (Å²) in [5, 5.41) is 8.34. The third-order valence-electron chi connectivity index (χ3n) is 5.21. The molecule has 3 heterocycles. The summed E-state index contributed by atoms with van der Waals surface area (Å²) >= 11 is 0. The second-order valence-electron chi connectivity index (χ2n) is 6.35. The van der Waals surface area contributed by atoms with Crippen LogP contribution in [0.4, 0.5) is 0 Å². The Kier molecular flexibility index (Phi) is 3.14. The molecule has 1 aliphatic carbocycles. The number of carbonyl (C=O) groups is 1. The number of methoxy groups -OCH3 is 1. The summed E-state index contributed by atoms with van der Waals surface area (Å²) in [5.41, 5.74) is 2.18. The van der Waals surface area contributed by atoms with E-state index in [1.54, 1.807) is 7.11 Å². The van der Waals surface area contributed by atoms with Gasteiger partial charge in [-0.3, -0.25) is 9.69 Å². The van der Waals surface area contributed by atoms with Gasteiger partial charge in [0.05, 0.1) is 19.2 Å². The van der Waals surface area contributed by atoms with E-state index in [0.29, 0.717) is 24.2 Å². The molecule has 0 spiro atoms. The number of nitrogens with zero attached hydrogens (tertiary/aromatic N) is 4. The van der Waals surface area contributed by atoms with E-state index >= 15 is 0 Å². The summed E-state index contributed by atoms with van der Waals surface area (Å²) in [6, 6.07) is 0.982. The quantitative estimate of drug-likeness (QED) is 0.763. The van der Waals surface area contributed by atoms with E-state index in [2.05, 4.69) is 22.2 Å². The Morgan fingerprint density at radius 2 is 1.95 bits per heavy atom. The minimum absolute atomic E-state index is 0.0178. The van der Waals surface area contributed by atoms with E-state index in [-0.39, 0.29) is 5.91 Å². The Labute approximate surface area is 129 Å². The highest BCUT2D eigenvalue weighted by Gasteiger charge is 2.41. The number of carbonyl (C=O) groups excluding carboxylic acids is 1. The zero-order valence-corrected chi connectivity index (χ0v) is 13.0. The fourth-order valence-electron chi connectivity index (χ4n) is 3.79. The fraction of sp³-hybridized carbons (Fsp3) is 0.562. The molecule has 0 saturated carbocycles. The number of fused-ring (bicyclic) bond motifs is 3. The van der Waals surface area contributed by atoms with Gasteiger partial charge in [0.1, 0.15) is 5.76 Å². The van der Waals surface area contributed by atoms with Crippen molar-refractivity contribution in [1.29, 1.82) is 0 Å². The molecule has 22 heavy (non-hydrogen) atoms. The SMILES string of the molecule is COC1=CC=C2C(=NN=C2C(=O)N2CC3CCC(C2)N3C)C1. The largest absolute Gasteiger partial charge is 0.501 e. The van der Waals surface area contributed by atoms with Crippen LogP contribution in [0.2, 0.25) is 0 Å². The lowest BCUT2D eigenvalue weighted by Crippen LogP contribution is -2.55. The van der Waals surface area contributed by atoms with Crippen LogP contribution in [-0.4, -0.2) is 66.5 Å². The van der Waals surface area contributed by atoms with Crippen molar-refractivity contribution in [3.63, 3.8) is 0 Å². The maximum absolute atomic E-state index is 12.8. The zero-order valence-electron chi connectivity index (χ0n) is 13.0. The van der Waals surface area contributed by atoms with Crippen LogP contribution in [0.15, 0.2) is 33.7 Å². The summed E-state index contributed by atoms with van der Waals surface area (Å²) in [7, 11) is 3.81. The standard InChI is InChI=1S/C16H20N4O2/c1-19-10-3-4-11(19)9-20(8-10)16(21)15-13-6-5-12(22-2)7-14(13)17-18-15/h5-6,10-11H,3-4,7-9H2,1-2H3. The van der Waals surface area contributed by atoms with Gasteiger partial charge in [-0.25, -0.2) is 0 Å². The summed E-state index contributed by atoms with van der Waals surface area (Å²) in [5.74, 6) is 0.869. The van der Waals surface area contributed by atoms with Crippen molar-refractivity contribution in [3.8, 4) is 0 Å². The van der Waals surface area contributed by atoms with E-state index in [9.17, 15) is 4.79 Å². The monoisotopic (exact) mass is 300 g/mol. The molecule has 4 aliphatic rings. The van der Waals surface area contributed by atoms with Crippen LogP contribution in [0.25, 0.3) is 0 Å². The van der Waals surface area contributed by atoms with Crippen LogP contribution in [0.1, 0.15) is 19.3 Å². The number of ether oxygens (including phenoxy) is 1. The lowest BCUT2D eigenvalue weighted by molar-refractivity contribution is -0.127. The highest BCUT2D eigenvalue weighted by molar-refractivity contribution is 6.53. The van der Waals surface area contributed by atoms with Gasteiger partial charge in [-0.1, -0.05) is 0 Å². The maximum Gasteiger partial charge on any atom is 0.275 e. The van der Waals surface area contributed by atoms with E-state index in [1.807, 2.05) is 17.1 Å². The van der Waals surface area contributed by atoms with Gasteiger partial charge in [0.25, 0.3) is 5.91 Å². The summed E-state index contributed by atoms with van der Waals surface area (Å²) in [6.07, 6.45) is 6.77. The molecule has 2 saturated heterocycles. The highest BCUT2D eigenvalue weighted by atomic mass is 16.5. The van der Waals surface area contributed by atoms with Crippen molar-refractivity contribution in [2.24, 2.45) is 10.2 Å². The molecule has 1 amide bonds. The highest BCUT2D eigenvalue weighted by Crippen LogP contribution is 2.30. The third kappa shape index (κ3) is 2.01. The molecule has 3 aliphatic heterocycles. The van der Waals surface area contributed by atoms with Crippen molar-refractivity contribution in [2.45, 2.75) is 31.3 Å². The van der Waals surface area contributed by atoms with Gasteiger partial charge in [0, 0.05) is 30.7 Å². The van der Waals surface area contributed by atoms with Crippen molar-refractivity contribution < 1.29 is 9.53 Å². The summed E-state index contributed by atoms with van der Waals surface area (Å²) in [4.78, 5) is 17.2. The van der Waals surface area contributed by atoms with E-state index in [1.165, 1.54) is 12.8 Å². The van der Waals surface area contributed by atoms with Crippen LogP contribution in [0.3, 0.4) is 0 Å². The second kappa shape index (κ2) is 5.05. The van der Waals surface area contributed by atoms with Crippen molar-refractivity contribution in [1.82, 2.24) is 9.80 Å². The van der Waals surface area contributed by atoms with Crippen LogP contribution in [0, 0.1) is 0 Å². The van der Waals surface area contributed by atoms with Crippen LogP contribution < -0.4 is 0 Å². The molecule has 2 fully saturated rings. The predicted molar refractivity (Wildman–Crippen MR) is 83.8 cm³/mol. The molecule has 2 unspecified atom stereocenters. The fourth-order valence-corrected chi connectivity index (χ4v) is 3.79. The molecule has 6 heteroatoms. The predicted octanol–water partition coefficient (Wildman–Crippen LogP) is 0.962. The van der Waals surface area contributed by atoms with E-state index in [4.69, 9.17) is 4.74 Å². The van der Waals surface area contributed by atoms with Gasteiger partial charge < -0.3 is 9.64 Å². The van der Waals surface area contributed by atoms with Crippen molar-refractivity contribution in [2.75, 3.05) is 27.2 Å². The number of piperazine rings is 1. The molecule has 2 bridgehead atoms. The Morgan fingerprint density at radius 3 is 2.64 bits per heavy atom. The molecule has 0 aromatic heterocycles. The lowest BCUT2D eigenvalue weighted by Gasteiger charge is -2.38. The topological polar surface area (TPSA) is 57.5 Å². The number of hydrogen-bond donors (Lipinski definition) is 0. The van der Waals surface area contributed by atoms with Gasteiger partial charge in [-0.15, -0.1) is 5.10 Å². The minimum Gasteiger partial charge on any atom is -0.501 e. The Morgan fingerprint density at radius 1 is 1.23 bits per heavy atom. The molecule has 6 nitrogen and oxygen atoms in total. The Hall–Kier alpha value is -1.95. The Balaban J connectivity index is 1.53. The van der Waals surface area contributed by atoms with Crippen LogP contribution in [-0.2, 0) is 9.53 Å². The molecular formula is C16H20N4O2. The first-order valence-corrected chi connectivity index (χ1v) is 7.78. The van der Waals surface area contributed by atoms with Gasteiger partial charge in [0.15, 0.2) is 5.71 Å². The number of rotatable bonds is 2. The Bertz CT molecular complexity index is 633. The minimum atomic E-state index is 0.0178. The third-order valence-corrected chi connectivity index (χ3v) is 5.21. The second-order valence-corrected chi connectivity index (χ2v) is 6.35.